The Kier molecular flexibility index (Phi) is 14.5. The molecule has 0 spiro atoms. The summed E-state index contributed by atoms with van der Waals surface area (Å²) in [7, 11) is 0. The molecule has 4 aliphatic rings. The molecule has 14 nitrogen and oxygen atoms in total. The fourth-order valence-electron chi connectivity index (χ4n) is 10.3. The molecule has 3 N–H and O–H groups in total. The van der Waals surface area contributed by atoms with E-state index in [2.05, 4.69) is 19.2 Å². The fraction of sp³-hybridized carbons (Fsp3) is 0.583. The average molecular weight is 862 g/mol. The van der Waals surface area contributed by atoms with Crippen LogP contribution in [0.25, 0.3) is 0 Å². The lowest BCUT2D eigenvalue weighted by atomic mass is 9.43. The number of hydrogen-bond donors (Lipinski definition) is 3. The number of fused-ring (bicyclic) bond motifs is 5. The third-order valence-electron chi connectivity index (χ3n) is 13.9. The fourth-order valence-corrected chi connectivity index (χ4v) is 10.3. The zero-order valence-electron chi connectivity index (χ0n) is 37.5. The van der Waals surface area contributed by atoms with E-state index in [0.29, 0.717) is 11.1 Å². The Hall–Kier alpha value is -5.08. The quantitative estimate of drug-likeness (QED) is 0.115. The van der Waals surface area contributed by atoms with Crippen molar-refractivity contribution in [1.29, 1.82) is 0 Å². The maximum absolute atomic E-state index is 15.5. The van der Waals surface area contributed by atoms with Gasteiger partial charge in [-0.1, -0.05) is 109 Å². The molecule has 1 aliphatic heterocycles. The van der Waals surface area contributed by atoms with Gasteiger partial charge in [0.25, 0.3) is 0 Å². The Morgan fingerprint density at radius 3 is 2.00 bits per heavy atom. The molecule has 1 saturated heterocycles. The largest absolute Gasteiger partial charge is 0.465 e. The summed E-state index contributed by atoms with van der Waals surface area (Å²) in [5.74, 6) is -6.63. The van der Waals surface area contributed by atoms with Crippen LogP contribution in [0.15, 0.2) is 71.8 Å². The Bertz CT molecular complexity index is 2030. The second-order valence-electron chi connectivity index (χ2n) is 18.0. The van der Waals surface area contributed by atoms with Gasteiger partial charge in [0.2, 0.25) is 0 Å². The summed E-state index contributed by atoms with van der Waals surface area (Å²) in [6.45, 7) is 16.5. The van der Waals surface area contributed by atoms with Crippen LogP contribution in [0.5, 0.6) is 0 Å². The third-order valence-corrected chi connectivity index (χ3v) is 13.9. The van der Waals surface area contributed by atoms with Crippen molar-refractivity contribution in [3.8, 4) is 0 Å². The van der Waals surface area contributed by atoms with E-state index in [1.165, 1.54) is 33.1 Å². The number of Topliss-reactive ketones (excluding diaryl/α,β-unsaturated/α-hetero) is 1. The van der Waals surface area contributed by atoms with Gasteiger partial charge in [0, 0.05) is 31.1 Å². The minimum Gasteiger partial charge on any atom is -0.465 e. The number of aliphatic hydroxyl groups is 1. The predicted octanol–water partition coefficient (Wildman–Crippen LogP) is 7.32. The molecule has 62 heavy (non-hydrogen) atoms. The van der Waals surface area contributed by atoms with E-state index < -0.39 is 106 Å². The summed E-state index contributed by atoms with van der Waals surface area (Å²) in [6.07, 6.45) is -2.70. The second kappa shape index (κ2) is 18.7. The molecule has 11 atom stereocenters. The molecule has 3 aliphatic carbocycles. The van der Waals surface area contributed by atoms with Crippen molar-refractivity contribution in [2.45, 2.75) is 143 Å². The molecular formula is C48H63NO13. The number of nitrogens with one attached hydrogen (secondary N) is 1. The molecule has 0 radical (unpaired) electrons. The molecule has 6 rings (SSSR count). The van der Waals surface area contributed by atoms with Crippen LogP contribution in [-0.2, 0) is 42.9 Å². The van der Waals surface area contributed by atoms with Gasteiger partial charge >= 0.3 is 30.0 Å². The topological polar surface area (TPSA) is 201 Å². The summed E-state index contributed by atoms with van der Waals surface area (Å²) in [6, 6.07) is 15.6. The lowest BCUT2D eigenvalue weighted by molar-refractivity contribution is -0.340. The van der Waals surface area contributed by atoms with Crippen molar-refractivity contribution in [3.05, 3.63) is 82.9 Å². The number of hydrogen-bond acceptors (Lipinski definition) is 12. The molecule has 3 fully saturated rings. The lowest BCUT2D eigenvalue weighted by Gasteiger charge is -2.68. The van der Waals surface area contributed by atoms with Crippen LogP contribution in [0.4, 0.5) is 4.79 Å². The van der Waals surface area contributed by atoms with Crippen LogP contribution in [0.1, 0.15) is 123 Å². The first-order valence-electron chi connectivity index (χ1n) is 21.6. The Balaban J connectivity index is 0.00000137. The van der Waals surface area contributed by atoms with Gasteiger partial charge in [-0.25, -0.2) is 9.59 Å². The molecule has 2 aromatic carbocycles. The SMILES string of the molecule is CC(=O)O[C@H]1C(=O)[C@@]2(C)[C@H]([C@H](OC(=O)c3ccccc3)[C@]3(O)C[C@H](OC(=O)[C@H](C)[C@@H](NC(=O)O)c4ccccc4)C(C)=C1C3(C)C)[C@]1(OC(C)=O)CO[C@@H]1C[C@@H]2C.CCCCC. The van der Waals surface area contributed by atoms with Gasteiger partial charge in [-0.3, -0.25) is 19.2 Å². The number of benzene rings is 2. The van der Waals surface area contributed by atoms with Crippen molar-refractivity contribution in [2.75, 3.05) is 6.61 Å². The van der Waals surface area contributed by atoms with Gasteiger partial charge in [0.1, 0.15) is 23.9 Å². The van der Waals surface area contributed by atoms with Gasteiger partial charge in [-0.15, -0.1) is 0 Å². The molecule has 0 unspecified atom stereocenters. The summed E-state index contributed by atoms with van der Waals surface area (Å²) in [5, 5.41) is 25.8. The molecular weight excluding hydrogens is 799 g/mol. The van der Waals surface area contributed by atoms with E-state index in [-0.39, 0.29) is 30.6 Å². The minimum absolute atomic E-state index is 0.149. The van der Waals surface area contributed by atoms with Crippen LogP contribution in [0.2, 0.25) is 0 Å². The van der Waals surface area contributed by atoms with Crippen molar-refractivity contribution in [2.24, 2.45) is 28.6 Å². The first-order valence-corrected chi connectivity index (χ1v) is 21.6. The summed E-state index contributed by atoms with van der Waals surface area (Å²) < 4.78 is 30.8. The summed E-state index contributed by atoms with van der Waals surface area (Å²) in [5.41, 5.74) is -5.77. The Morgan fingerprint density at radius 2 is 1.50 bits per heavy atom. The average Bonchev–Trinajstić information content (AvgIpc) is 3.21. The zero-order chi connectivity index (χ0) is 45.9. The smallest absolute Gasteiger partial charge is 0.405 e. The number of unbranched alkanes of at least 4 members (excludes halogenated alkanes) is 2. The van der Waals surface area contributed by atoms with E-state index in [9.17, 15) is 34.2 Å². The maximum atomic E-state index is 15.5. The van der Waals surface area contributed by atoms with E-state index in [1.54, 1.807) is 88.4 Å². The van der Waals surface area contributed by atoms with Crippen LogP contribution in [0.3, 0.4) is 0 Å². The maximum Gasteiger partial charge on any atom is 0.405 e. The van der Waals surface area contributed by atoms with Crippen molar-refractivity contribution in [3.63, 3.8) is 0 Å². The van der Waals surface area contributed by atoms with Crippen LogP contribution in [-0.4, -0.2) is 88.2 Å². The summed E-state index contributed by atoms with van der Waals surface area (Å²) >= 11 is 0. The first-order chi connectivity index (χ1) is 29.1. The predicted molar refractivity (Wildman–Crippen MR) is 226 cm³/mol. The monoisotopic (exact) mass is 861 g/mol. The standard InChI is InChI=1S/C43H51NO13.C5H12/c1-22-19-30-42(21-53-30,57-26(5)46)34-36(56-38(49)28-17-13-10-14-18-28)43(52)20-29(55-37(48)24(3)32(44-39(50)51)27-15-11-9-12-16-27)23(2)31(40(43,6)7)33(54-25(4)45)35(47)41(22,34)8;1-3-5-4-2/h9-18,22,24,29-30,32-34,36,44,52H,19-21H2,1-8H3,(H,50,51);3-5H2,1-2H3/t22-,24+,29-,30+,32+,33+,34-,36-,41+,42-,43+;/m0./s1. The Morgan fingerprint density at radius 1 is 0.903 bits per heavy atom. The highest BCUT2D eigenvalue weighted by atomic mass is 16.6. The molecule has 1 amide bonds. The van der Waals surface area contributed by atoms with E-state index in [4.69, 9.17) is 23.7 Å². The number of rotatable bonds is 11. The van der Waals surface area contributed by atoms with Crippen molar-refractivity contribution >= 4 is 35.8 Å². The highest BCUT2D eigenvalue weighted by Gasteiger charge is 2.77. The normalized spacial score (nSPS) is 31.6. The molecule has 2 bridgehead atoms. The number of carbonyl (C=O) groups excluding carboxylic acids is 5. The lowest BCUT2D eigenvalue weighted by Crippen LogP contribution is -2.80. The zero-order valence-corrected chi connectivity index (χ0v) is 37.5. The van der Waals surface area contributed by atoms with Crippen molar-refractivity contribution < 1.29 is 62.7 Å². The van der Waals surface area contributed by atoms with Gasteiger partial charge in [0.15, 0.2) is 17.5 Å². The molecule has 338 valence electrons. The number of esters is 4. The van der Waals surface area contributed by atoms with Gasteiger partial charge in [-0.2, -0.15) is 0 Å². The first kappa shape index (κ1) is 48.0. The molecule has 2 saturated carbocycles. The second-order valence-corrected chi connectivity index (χ2v) is 18.0. The molecule has 1 heterocycles. The van der Waals surface area contributed by atoms with Crippen molar-refractivity contribution in [1.82, 2.24) is 5.32 Å². The number of amides is 1. The van der Waals surface area contributed by atoms with Gasteiger partial charge in [0.05, 0.1) is 30.0 Å². The van der Waals surface area contributed by atoms with Crippen LogP contribution in [0, 0.1) is 28.6 Å². The number of carbonyl (C=O) groups is 6. The molecule has 14 heteroatoms. The number of ketones is 1. The van der Waals surface area contributed by atoms with Gasteiger partial charge in [-0.05, 0) is 55.0 Å². The van der Waals surface area contributed by atoms with Crippen LogP contribution < -0.4 is 5.32 Å². The third kappa shape index (κ3) is 8.64. The number of carboxylic acid groups (broad SMARTS) is 1. The van der Waals surface area contributed by atoms with Gasteiger partial charge < -0.3 is 39.2 Å². The molecule has 0 aromatic heterocycles. The highest BCUT2D eigenvalue weighted by molar-refractivity contribution is 5.95. The van der Waals surface area contributed by atoms with Crippen LogP contribution >= 0.6 is 0 Å². The summed E-state index contributed by atoms with van der Waals surface area (Å²) in [4.78, 5) is 81.8. The minimum atomic E-state index is -2.21. The van der Waals surface area contributed by atoms with E-state index >= 15 is 4.79 Å². The highest BCUT2D eigenvalue weighted by Crippen LogP contribution is 2.65. The number of ether oxygens (including phenoxy) is 5. The van der Waals surface area contributed by atoms with E-state index in [0.717, 1.165) is 6.92 Å². The molecule has 2 aromatic rings. The van der Waals surface area contributed by atoms with E-state index in [1.807, 2.05) is 6.92 Å². The Labute approximate surface area is 364 Å².